The zero-order chi connectivity index (χ0) is 13.6. The quantitative estimate of drug-likeness (QED) is 0.867. The summed E-state index contributed by atoms with van der Waals surface area (Å²) in [6, 6.07) is 13.3. The molecule has 0 aliphatic carbocycles. The molecular weight excluding hydrogens is 262 g/mol. The third kappa shape index (κ3) is 1.74. The van der Waals surface area contributed by atoms with Gasteiger partial charge >= 0.3 is 0 Å². The van der Waals surface area contributed by atoms with Crippen LogP contribution in [0.1, 0.15) is 17.2 Å². The molecule has 1 aliphatic rings. The molecule has 2 aromatic carbocycles. The topological polar surface area (TPSA) is 57.6 Å². The first kappa shape index (κ1) is 12.2. The fourth-order valence-corrected chi connectivity index (χ4v) is 4.03. The summed E-state index contributed by atoms with van der Waals surface area (Å²) in [5, 5.41) is 9.33. The highest BCUT2D eigenvalue weighted by atomic mass is 32.2. The normalized spacial score (nSPS) is 21.2. The van der Waals surface area contributed by atoms with Crippen LogP contribution < -0.4 is 0 Å². The molecule has 4 nitrogen and oxygen atoms in total. The van der Waals surface area contributed by atoms with Crippen LogP contribution in [0.2, 0.25) is 0 Å². The molecule has 0 unspecified atom stereocenters. The zero-order valence-corrected chi connectivity index (χ0v) is 11.1. The Morgan fingerprint density at radius 3 is 2.37 bits per heavy atom. The zero-order valence-electron chi connectivity index (χ0n) is 10.3. The second kappa shape index (κ2) is 4.08. The number of hydrogen-bond donors (Lipinski definition) is 1. The van der Waals surface area contributed by atoms with Crippen LogP contribution in [0.3, 0.4) is 0 Å². The summed E-state index contributed by atoms with van der Waals surface area (Å²) in [7, 11) is -1.84. The number of fused-ring (bicyclic) bond motifs is 1. The lowest BCUT2D eigenvalue weighted by atomic mass is 9.99. The van der Waals surface area contributed by atoms with Gasteiger partial charge in [0.2, 0.25) is 10.0 Å². The third-order valence-electron chi connectivity index (χ3n) is 3.44. The van der Waals surface area contributed by atoms with Gasteiger partial charge in [-0.2, -0.15) is 4.31 Å². The fourth-order valence-electron chi connectivity index (χ4n) is 2.48. The number of benzene rings is 2. The average molecular weight is 275 g/mol. The molecule has 0 aromatic heterocycles. The highest BCUT2D eigenvalue weighted by Crippen LogP contribution is 2.41. The summed E-state index contributed by atoms with van der Waals surface area (Å²) in [5.74, 6) is 0.167. The smallest absolute Gasteiger partial charge is 0.244 e. The van der Waals surface area contributed by atoms with Crippen LogP contribution >= 0.6 is 0 Å². The maximum atomic E-state index is 12.3. The molecule has 5 heteroatoms. The van der Waals surface area contributed by atoms with Gasteiger partial charge in [-0.15, -0.1) is 0 Å². The van der Waals surface area contributed by atoms with Gasteiger partial charge in [-0.25, -0.2) is 8.42 Å². The minimum absolute atomic E-state index is 0.167. The van der Waals surface area contributed by atoms with E-state index in [1.807, 2.05) is 12.1 Å². The number of phenols is 1. The van der Waals surface area contributed by atoms with Crippen LogP contribution in [-0.2, 0) is 10.0 Å². The molecule has 1 atom stereocenters. The molecule has 1 N–H and O–H groups in total. The SMILES string of the molecule is CN1[C@H](c2ccc(O)cc2)c2ccccc2S1(=O)=O. The first-order valence-electron chi connectivity index (χ1n) is 5.88. The van der Waals surface area contributed by atoms with E-state index in [-0.39, 0.29) is 11.8 Å². The number of rotatable bonds is 1. The maximum absolute atomic E-state index is 12.3. The van der Waals surface area contributed by atoms with Crippen LogP contribution in [-0.4, -0.2) is 24.9 Å². The molecule has 98 valence electrons. The number of sulfonamides is 1. The maximum Gasteiger partial charge on any atom is 0.244 e. The fraction of sp³-hybridized carbons (Fsp3) is 0.143. The summed E-state index contributed by atoms with van der Waals surface area (Å²) >= 11 is 0. The van der Waals surface area contributed by atoms with Crippen molar-refractivity contribution in [3.8, 4) is 5.75 Å². The van der Waals surface area contributed by atoms with Gasteiger partial charge in [-0.3, -0.25) is 0 Å². The lowest BCUT2D eigenvalue weighted by molar-refractivity contribution is 0.439. The first-order valence-corrected chi connectivity index (χ1v) is 7.32. The van der Waals surface area contributed by atoms with E-state index in [0.717, 1.165) is 11.1 Å². The van der Waals surface area contributed by atoms with E-state index in [1.165, 1.54) is 4.31 Å². The van der Waals surface area contributed by atoms with Gasteiger partial charge < -0.3 is 5.11 Å². The molecule has 2 aromatic rings. The summed E-state index contributed by atoms with van der Waals surface area (Å²) in [6.07, 6.45) is 0. The van der Waals surface area contributed by atoms with Crippen LogP contribution in [0.5, 0.6) is 5.75 Å². The minimum Gasteiger partial charge on any atom is -0.508 e. The predicted octanol–water partition coefficient (Wildman–Crippen LogP) is 2.12. The molecular formula is C14H13NO3S. The highest BCUT2D eigenvalue weighted by molar-refractivity contribution is 7.89. The molecule has 0 fully saturated rings. The Morgan fingerprint density at radius 1 is 1.05 bits per heavy atom. The molecule has 0 saturated carbocycles. The molecule has 0 amide bonds. The largest absolute Gasteiger partial charge is 0.508 e. The monoisotopic (exact) mass is 275 g/mol. The Morgan fingerprint density at radius 2 is 1.68 bits per heavy atom. The lowest BCUT2D eigenvalue weighted by Gasteiger charge is -2.19. The minimum atomic E-state index is -3.42. The number of nitrogens with zero attached hydrogens (tertiary/aromatic N) is 1. The Bertz CT molecular complexity index is 723. The number of aromatic hydroxyl groups is 1. The van der Waals surface area contributed by atoms with Crippen LogP contribution in [0.4, 0.5) is 0 Å². The first-order chi connectivity index (χ1) is 9.01. The van der Waals surface area contributed by atoms with Crippen molar-refractivity contribution >= 4 is 10.0 Å². The standard InChI is InChI=1S/C14H13NO3S/c1-15-14(10-6-8-11(16)9-7-10)12-4-2-3-5-13(12)19(15,17)18/h2-9,14,16H,1H3/t14-/m1/s1. The third-order valence-corrected chi connectivity index (χ3v) is 5.34. The molecule has 3 rings (SSSR count). The van der Waals surface area contributed by atoms with Crippen LogP contribution in [0, 0.1) is 0 Å². The summed E-state index contributed by atoms with van der Waals surface area (Å²) in [6.45, 7) is 0. The van der Waals surface area contributed by atoms with Gasteiger partial charge in [0.1, 0.15) is 5.75 Å². The molecule has 0 saturated heterocycles. The molecule has 0 bridgehead atoms. The lowest BCUT2D eigenvalue weighted by Crippen LogP contribution is -2.24. The van der Waals surface area contributed by atoms with E-state index in [0.29, 0.717) is 4.90 Å². The summed E-state index contributed by atoms with van der Waals surface area (Å²) < 4.78 is 26.0. The van der Waals surface area contributed by atoms with Crippen molar-refractivity contribution < 1.29 is 13.5 Å². The molecule has 0 spiro atoms. The van der Waals surface area contributed by atoms with Crippen molar-refractivity contribution in [2.45, 2.75) is 10.9 Å². The highest BCUT2D eigenvalue weighted by Gasteiger charge is 2.40. The van der Waals surface area contributed by atoms with E-state index in [1.54, 1.807) is 43.4 Å². The Hall–Kier alpha value is -1.85. The molecule has 19 heavy (non-hydrogen) atoms. The van der Waals surface area contributed by atoms with Gasteiger partial charge in [0, 0.05) is 7.05 Å². The van der Waals surface area contributed by atoms with Crippen LogP contribution in [0.25, 0.3) is 0 Å². The van der Waals surface area contributed by atoms with Gasteiger partial charge in [-0.1, -0.05) is 30.3 Å². The summed E-state index contributed by atoms with van der Waals surface area (Å²) in [5.41, 5.74) is 1.62. The average Bonchev–Trinajstić information content (AvgIpc) is 2.60. The van der Waals surface area contributed by atoms with Crippen molar-refractivity contribution in [2.75, 3.05) is 7.05 Å². The molecule has 0 radical (unpaired) electrons. The van der Waals surface area contributed by atoms with Gasteiger partial charge in [0.15, 0.2) is 0 Å². The molecule has 1 heterocycles. The Balaban J connectivity index is 2.21. The number of hydrogen-bond acceptors (Lipinski definition) is 3. The van der Waals surface area contributed by atoms with E-state index in [4.69, 9.17) is 0 Å². The Kier molecular flexibility index (Phi) is 2.62. The van der Waals surface area contributed by atoms with Crippen molar-refractivity contribution in [1.29, 1.82) is 0 Å². The second-order valence-electron chi connectivity index (χ2n) is 4.55. The van der Waals surface area contributed by atoms with Gasteiger partial charge in [0.25, 0.3) is 0 Å². The van der Waals surface area contributed by atoms with Crippen molar-refractivity contribution in [3.63, 3.8) is 0 Å². The van der Waals surface area contributed by atoms with E-state index < -0.39 is 10.0 Å². The molecule has 1 aliphatic heterocycles. The van der Waals surface area contributed by atoms with Crippen molar-refractivity contribution in [3.05, 3.63) is 59.7 Å². The van der Waals surface area contributed by atoms with E-state index in [9.17, 15) is 13.5 Å². The second-order valence-corrected chi connectivity index (χ2v) is 6.52. The number of phenolic OH excluding ortho intramolecular Hbond substituents is 1. The van der Waals surface area contributed by atoms with Gasteiger partial charge in [0.05, 0.1) is 10.9 Å². The van der Waals surface area contributed by atoms with E-state index in [2.05, 4.69) is 0 Å². The predicted molar refractivity (Wildman–Crippen MR) is 71.3 cm³/mol. The van der Waals surface area contributed by atoms with Gasteiger partial charge in [-0.05, 0) is 29.3 Å². The van der Waals surface area contributed by atoms with Crippen molar-refractivity contribution in [2.24, 2.45) is 0 Å². The van der Waals surface area contributed by atoms with Crippen molar-refractivity contribution in [1.82, 2.24) is 4.31 Å². The Labute approximate surface area is 112 Å². The summed E-state index contributed by atoms with van der Waals surface area (Å²) in [4.78, 5) is 0.357. The van der Waals surface area contributed by atoms with Crippen LogP contribution in [0.15, 0.2) is 53.4 Å². The van der Waals surface area contributed by atoms with E-state index >= 15 is 0 Å².